The summed E-state index contributed by atoms with van der Waals surface area (Å²) in [5, 5.41) is 12.4. The lowest BCUT2D eigenvalue weighted by atomic mass is 10.2. The van der Waals surface area contributed by atoms with Crippen LogP contribution in [0.5, 0.6) is 0 Å². The molecule has 0 fully saturated rings. The summed E-state index contributed by atoms with van der Waals surface area (Å²) in [4.78, 5) is 19.1. The van der Waals surface area contributed by atoms with Crippen molar-refractivity contribution >= 4 is 28.6 Å². The SMILES string of the molecule is O=C([O-])n1c(-c2cc(Cl)ncn2)cc2ccccc21. The first-order valence-electron chi connectivity index (χ1n) is 5.46. The summed E-state index contributed by atoms with van der Waals surface area (Å²) in [6.45, 7) is 0. The molecule has 0 saturated heterocycles. The van der Waals surface area contributed by atoms with Crippen LogP contribution in [0, 0.1) is 0 Å². The lowest BCUT2D eigenvalue weighted by Gasteiger charge is -2.10. The van der Waals surface area contributed by atoms with E-state index in [1.165, 1.54) is 12.4 Å². The van der Waals surface area contributed by atoms with Crippen molar-refractivity contribution < 1.29 is 9.90 Å². The molecule has 6 heteroatoms. The fourth-order valence-corrected chi connectivity index (χ4v) is 2.16. The normalized spacial score (nSPS) is 10.8. The third kappa shape index (κ3) is 1.94. The molecule has 0 atom stereocenters. The second-order valence-corrected chi connectivity index (χ2v) is 4.30. The maximum atomic E-state index is 11.3. The van der Waals surface area contributed by atoms with E-state index in [0.717, 1.165) is 9.95 Å². The van der Waals surface area contributed by atoms with Crippen LogP contribution < -0.4 is 5.11 Å². The molecule has 0 aliphatic carbocycles. The van der Waals surface area contributed by atoms with Gasteiger partial charge in [-0.15, -0.1) is 0 Å². The van der Waals surface area contributed by atoms with E-state index in [0.29, 0.717) is 16.9 Å². The molecule has 3 rings (SSSR count). The topological polar surface area (TPSA) is 70.8 Å². The number of halogens is 1. The molecule has 0 amide bonds. The molecule has 5 nitrogen and oxygen atoms in total. The Morgan fingerprint density at radius 3 is 2.74 bits per heavy atom. The molecule has 0 N–H and O–H groups in total. The van der Waals surface area contributed by atoms with Gasteiger partial charge >= 0.3 is 0 Å². The van der Waals surface area contributed by atoms with Crippen LogP contribution in [0.2, 0.25) is 5.15 Å². The van der Waals surface area contributed by atoms with Crippen LogP contribution in [-0.4, -0.2) is 20.6 Å². The smallest absolute Gasteiger partial charge is 0.146 e. The van der Waals surface area contributed by atoms with Crippen molar-refractivity contribution in [3.05, 3.63) is 47.9 Å². The molecule has 0 radical (unpaired) electrons. The number of fused-ring (bicyclic) bond motifs is 1. The molecule has 0 aliphatic heterocycles. The van der Waals surface area contributed by atoms with Gasteiger partial charge in [0.05, 0.1) is 16.9 Å². The van der Waals surface area contributed by atoms with Crippen LogP contribution in [0.25, 0.3) is 22.3 Å². The molecule has 0 spiro atoms. The fraction of sp³-hybridized carbons (Fsp3) is 0. The number of carbonyl (C=O) groups excluding carboxylic acids is 1. The van der Waals surface area contributed by atoms with Gasteiger partial charge in [-0.05, 0) is 12.1 Å². The monoisotopic (exact) mass is 272 g/mol. The Hall–Kier alpha value is -2.40. The van der Waals surface area contributed by atoms with Gasteiger partial charge in [-0.3, -0.25) is 4.57 Å². The summed E-state index contributed by atoms with van der Waals surface area (Å²) in [5.41, 5.74) is 1.39. The maximum absolute atomic E-state index is 11.3. The molecule has 2 heterocycles. The molecule has 1 aromatic carbocycles. The summed E-state index contributed by atoms with van der Waals surface area (Å²) in [5.74, 6) is 0. The van der Waals surface area contributed by atoms with E-state index in [9.17, 15) is 9.90 Å². The van der Waals surface area contributed by atoms with E-state index >= 15 is 0 Å². The van der Waals surface area contributed by atoms with Crippen molar-refractivity contribution in [2.45, 2.75) is 0 Å². The van der Waals surface area contributed by atoms with Crippen LogP contribution in [0.1, 0.15) is 0 Å². The number of hydrogen-bond acceptors (Lipinski definition) is 4. The van der Waals surface area contributed by atoms with E-state index in [2.05, 4.69) is 9.97 Å². The van der Waals surface area contributed by atoms with Gasteiger partial charge in [0.2, 0.25) is 0 Å². The van der Waals surface area contributed by atoms with Crippen molar-refractivity contribution in [3.8, 4) is 11.4 Å². The van der Waals surface area contributed by atoms with Gasteiger partial charge in [0.25, 0.3) is 0 Å². The first-order valence-corrected chi connectivity index (χ1v) is 5.84. The number of nitrogens with zero attached hydrogens (tertiary/aromatic N) is 3. The second kappa shape index (κ2) is 4.37. The second-order valence-electron chi connectivity index (χ2n) is 3.92. The lowest BCUT2D eigenvalue weighted by Crippen LogP contribution is -2.29. The van der Waals surface area contributed by atoms with E-state index in [-0.39, 0.29) is 5.15 Å². The van der Waals surface area contributed by atoms with Crippen LogP contribution in [0.3, 0.4) is 0 Å². The van der Waals surface area contributed by atoms with Crippen molar-refractivity contribution in [3.63, 3.8) is 0 Å². The van der Waals surface area contributed by atoms with E-state index in [4.69, 9.17) is 11.6 Å². The molecular formula is C13H7ClN3O2-. The number of carbonyl (C=O) groups is 1. The zero-order chi connectivity index (χ0) is 13.4. The molecule has 3 aromatic rings. The number of para-hydroxylation sites is 1. The summed E-state index contributed by atoms with van der Waals surface area (Å²) < 4.78 is 1.08. The molecule has 19 heavy (non-hydrogen) atoms. The minimum Gasteiger partial charge on any atom is -0.529 e. The Bertz CT molecular complexity index is 782. The van der Waals surface area contributed by atoms with Crippen LogP contribution in [0.4, 0.5) is 4.79 Å². The summed E-state index contributed by atoms with van der Waals surface area (Å²) in [7, 11) is 0. The van der Waals surface area contributed by atoms with Gasteiger partial charge in [0.1, 0.15) is 17.6 Å². The Morgan fingerprint density at radius 2 is 2.00 bits per heavy atom. The standard InChI is InChI=1S/C13H8ClN3O2/c14-12-6-9(15-7-16-12)11-5-8-3-1-2-4-10(8)17(11)13(18)19/h1-7H,(H,18,19)/p-1. The predicted octanol–water partition coefficient (Wildman–Crippen LogP) is 1.94. The van der Waals surface area contributed by atoms with Gasteiger partial charge in [0.15, 0.2) is 0 Å². The quantitative estimate of drug-likeness (QED) is 0.635. The Labute approximate surface area is 113 Å². The van der Waals surface area contributed by atoms with E-state index in [1.54, 1.807) is 18.2 Å². The van der Waals surface area contributed by atoms with Gasteiger partial charge in [-0.25, -0.2) is 9.97 Å². The summed E-state index contributed by atoms with van der Waals surface area (Å²) >= 11 is 5.80. The third-order valence-corrected chi connectivity index (χ3v) is 3.00. The number of hydrogen-bond donors (Lipinski definition) is 0. The Kier molecular flexibility index (Phi) is 2.68. The molecule has 0 unspecified atom stereocenters. The first kappa shape index (κ1) is 11.7. The molecule has 94 valence electrons. The minimum absolute atomic E-state index is 0.250. The highest BCUT2D eigenvalue weighted by Gasteiger charge is 2.12. The molecule has 0 saturated carbocycles. The fourth-order valence-electron chi connectivity index (χ4n) is 2.01. The van der Waals surface area contributed by atoms with Crippen molar-refractivity contribution in [1.82, 2.24) is 14.5 Å². The third-order valence-electron chi connectivity index (χ3n) is 2.79. The van der Waals surface area contributed by atoms with E-state index < -0.39 is 6.09 Å². The van der Waals surface area contributed by atoms with Crippen molar-refractivity contribution in [2.24, 2.45) is 0 Å². The molecular weight excluding hydrogens is 266 g/mol. The van der Waals surface area contributed by atoms with Crippen molar-refractivity contribution in [1.29, 1.82) is 0 Å². The molecule has 0 aliphatic rings. The first-order chi connectivity index (χ1) is 9.16. The highest BCUT2D eigenvalue weighted by molar-refractivity contribution is 6.29. The summed E-state index contributed by atoms with van der Waals surface area (Å²) in [6.07, 6.45) is -0.0273. The number of benzene rings is 1. The maximum Gasteiger partial charge on any atom is 0.146 e. The average molecular weight is 273 g/mol. The van der Waals surface area contributed by atoms with Crippen LogP contribution >= 0.6 is 11.6 Å². The Balaban J connectivity index is 2.34. The number of carboxylic acid groups (broad SMARTS) is 1. The van der Waals surface area contributed by atoms with Crippen LogP contribution in [0.15, 0.2) is 42.7 Å². The zero-order valence-electron chi connectivity index (χ0n) is 9.58. The highest BCUT2D eigenvalue weighted by atomic mass is 35.5. The number of rotatable bonds is 1. The number of aromatic nitrogens is 3. The zero-order valence-corrected chi connectivity index (χ0v) is 10.3. The molecule has 0 bridgehead atoms. The Morgan fingerprint density at radius 1 is 1.21 bits per heavy atom. The van der Waals surface area contributed by atoms with Gasteiger partial charge < -0.3 is 9.90 Å². The van der Waals surface area contributed by atoms with Gasteiger partial charge in [-0.2, -0.15) is 0 Å². The molecule has 2 aromatic heterocycles. The average Bonchev–Trinajstić information content (AvgIpc) is 2.78. The highest BCUT2D eigenvalue weighted by Crippen LogP contribution is 2.27. The van der Waals surface area contributed by atoms with Gasteiger partial charge in [-0.1, -0.05) is 29.8 Å². The van der Waals surface area contributed by atoms with Crippen molar-refractivity contribution in [2.75, 3.05) is 0 Å². The predicted molar refractivity (Wildman–Crippen MR) is 68.8 cm³/mol. The van der Waals surface area contributed by atoms with E-state index in [1.807, 2.05) is 12.1 Å². The van der Waals surface area contributed by atoms with Gasteiger partial charge in [0, 0.05) is 11.5 Å². The minimum atomic E-state index is -1.31. The lowest BCUT2D eigenvalue weighted by molar-refractivity contribution is -0.249. The largest absolute Gasteiger partial charge is 0.529 e. The van der Waals surface area contributed by atoms with Crippen LogP contribution in [-0.2, 0) is 0 Å². The summed E-state index contributed by atoms with van der Waals surface area (Å²) in [6, 6.07) is 10.4.